The van der Waals surface area contributed by atoms with E-state index in [2.05, 4.69) is 17.1 Å². The lowest BCUT2D eigenvalue weighted by Crippen LogP contribution is -2.45. The topological polar surface area (TPSA) is 44.7 Å². The first-order chi connectivity index (χ1) is 12.3. The summed E-state index contributed by atoms with van der Waals surface area (Å²) in [6, 6.07) is 16.1. The van der Waals surface area contributed by atoms with Gasteiger partial charge in [-0.15, -0.1) is 0 Å². The van der Waals surface area contributed by atoms with E-state index in [0.717, 1.165) is 50.1 Å². The second kappa shape index (κ2) is 8.88. The Balaban J connectivity index is 1.70. The second-order valence-electron chi connectivity index (χ2n) is 6.59. The lowest BCUT2D eigenvalue weighted by molar-refractivity contribution is 0.162. The maximum absolute atomic E-state index is 10.6. The molecule has 25 heavy (non-hydrogen) atoms. The summed E-state index contributed by atoms with van der Waals surface area (Å²) in [5, 5.41) is 14.0. The van der Waals surface area contributed by atoms with Crippen LogP contribution in [0.2, 0.25) is 0 Å². The molecule has 0 radical (unpaired) electrons. The number of phenolic OH excluding ortho intramolecular Hbond substituents is 1. The van der Waals surface area contributed by atoms with Gasteiger partial charge in [0.05, 0.1) is 0 Å². The summed E-state index contributed by atoms with van der Waals surface area (Å²) in [6.07, 6.45) is 2.15. The number of nitrogens with zero attached hydrogens (tertiary/aromatic N) is 1. The van der Waals surface area contributed by atoms with E-state index < -0.39 is 0 Å². The molecule has 4 nitrogen and oxygen atoms in total. The summed E-state index contributed by atoms with van der Waals surface area (Å²) in [5.41, 5.74) is 2.13. The van der Waals surface area contributed by atoms with Gasteiger partial charge in [0, 0.05) is 43.9 Å². The van der Waals surface area contributed by atoms with Crippen LogP contribution in [0.25, 0.3) is 0 Å². The Labute approximate surface area is 150 Å². The molecule has 134 valence electrons. The maximum Gasteiger partial charge on any atom is 0.124 e. The van der Waals surface area contributed by atoms with E-state index in [9.17, 15) is 5.11 Å². The minimum Gasteiger partial charge on any atom is -0.507 e. The summed E-state index contributed by atoms with van der Waals surface area (Å²) in [6.45, 7) is 6.78. The minimum atomic E-state index is 0.273. The lowest BCUT2D eigenvalue weighted by atomic mass is 9.98. The van der Waals surface area contributed by atoms with Crippen molar-refractivity contribution in [1.82, 2.24) is 10.2 Å². The van der Waals surface area contributed by atoms with Gasteiger partial charge in [-0.05, 0) is 18.1 Å². The molecule has 1 saturated heterocycles. The number of phenols is 1. The molecule has 0 unspecified atom stereocenters. The molecule has 1 atom stereocenters. The number of hydrogen-bond acceptors (Lipinski definition) is 4. The number of aromatic hydroxyl groups is 1. The first-order valence-electron chi connectivity index (χ1n) is 9.22. The molecule has 1 heterocycles. The molecule has 1 aliphatic rings. The molecule has 0 bridgehead atoms. The van der Waals surface area contributed by atoms with Gasteiger partial charge in [-0.3, -0.25) is 4.90 Å². The van der Waals surface area contributed by atoms with Crippen LogP contribution in [-0.4, -0.2) is 36.2 Å². The average molecular weight is 340 g/mol. The molecular weight excluding hydrogens is 312 g/mol. The van der Waals surface area contributed by atoms with Gasteiger partial charge in [0.15, 0.2) is 0 Å². The van der Waals surface area contributed by atoms with Crippen molar-refractivity contribution >= 4 is 0 Å². The van der Waals surface area contributed by atoms with Crippen LogP contribution in [-0.2, 0) is 6.61 Å². The second-order valence-corrected chi connectivity index (χ2v) is 6.59. The molecular formula is C21H28N2O2. The fourth-order valence-corrected chi connectivity index (χ4v) is 3.44. The first kappa shape index (κ1) is 17.8. The van der Waals surface area contributed by atoms with E-state index in [0.29, 0.717) is 18.1 Å². The van der Waals surface area contributed by atoms with Gasteiger partial charge >= 0.3 is 0 Å². The fourth-order valence-electron chi connectivity index (χ4n) is 3.44. The minimum absolute atomic E-state index is 0.273. The Morgan fingerprint density at radius 1 is 1.12 bits per heavy atom. The summed E-state index contributed by atoms with van der Waals surface area (Å²) < 4.78 is 5.83. The van der Waals surface area contributed by atoms with Crippen LogP contribution in [0.1, 0.15) is 36.9 Å². The van der Waals surface area contributed by atoms with Gasteiger partial charge < -0.3 is 15.2 Å². The SMILES string of the molecule is CCC[C@H](c1ccc(OCc2ccccc2)cc1O)N1CCNCC1. The molecule has 2 N–H and O–H groups in total. The number of hydrogen-bond donors (Lipinski definition) is 2. The molecule has 2 aromatic carbocycles. The van der Waals surface area contributed by atoms with Gasteiger partial charge in [0.1, 0.15) is 18.1 Å². The normalized spacial score (nSPS) is 16.5. The number of rotatable bonds is 7. The zero-order chi connectivity index (χ0) is 17.5. The van der Waals surface area contributed by atoms with E-state index >= 15 is 0 Å². The van der Waals surface area contributed by atoms with Crippen molar-refractivity contribution in [3.05, 3.63) is 59.7 Å². The van der Waals surface area contributed by atoms with Crippen LogP contribution in [0.15, 0.2) is 48.5 Å². The predicted molar refractivity (Wildman–Crippen MR) is 101 cm³/mol. The molecule has 2 aromatic rings. The van der Waals surface area contributed by atoms with E-state index in [4.69, 9.17) is 4.74 Å². The smallest absolute Gasteiger partial charge is 0.124 e. The number of benzene rings is 2. The summed E-state index contributed by atoms with van der Waals surface area (Å²) in [7, 11) is 0. The van der Waals surface area contributed by atoms with Gasteiger partial charge in [-0.25, -0.2) is 0 Å². The van der Waals surface area contributed by atoms with Crippen LogP contribution >= 0.6 is 0 Å². The number of piperazine rings is 1. The molecule has 1 fully saturated rings. The van der Waals surface area contributed by atoms with E-state index in [1.807, 2.05) is 42.5 Å². The largest absolute Gasteiger partial charge is 0.507 e. The molecule has 0 aromatic heterocycles. The molecule has 0 amide bonds. The highest BCUT2D eigenvalue weighted by Gasteiger charge is 2.23. The van der Waals surface area contributed by atoms with Crippen LogP contribution in [0.4, 0.5) is 0 Å². The van der Waals surface area contributed by atoms with Crippen LogP contribution < -0.4 is 10.1 Å². The maximum atomic E-state index is 10.6. The zero-order valence-corrected chi connectivity index (χ0v) is 14.9. The summed E-state index contributed by atoms with van der Waals surface area (Å²) in [4.78, 5) is 2.47. The van der Waals surface area contributed by atoms with Crippen LogP contribution in [0.3, 0.4) is 0 Å². The standard InChI is InChI=1S/C21H28N2O2/c1-2-6-20(23-13-11-22-12-14-23)19-10-9-18(15-21(19)24)25-16-17-7-4-3-5-8-17/h3-5,7-10,15,20,22,24H,2,6,11-14,16H2,1H3/t20-/m1/s1. The number of nitrogens with one attached hydrogen (secondary N) is 1. The van der Waals surface area contributed by atoms with Gasteiger partial charge in [0.2, 0.25) is 0 Å². The lowest BCUT2D eigenvalue weighted by Gasteiger charge is -2.35. The van der Waals surface area contributed by atoms with E-state index in [1.54, 1.807) is 6.07 Å². The van der Waals surface area contributed by atoms with Crippen molar-refractivity contribution in [1.29, 1.82) is 0 Å². The zero-order valence-electron chi connectivity index (χ0n) is 14.9. The third-order valence-electron chi connectivity index (χ3n) is 4.76. The van der Waals surface area contributed by atoms with Gasteiger partial charge in [0.25, 0.3) is 0 Å². The third-order valence-corrected chi connectivity index (χ3v) is 4.76. The van der Waals surface area contributed by atoms with Crippen molar-refractivity contribution in [2.45, 2.75) is 32.4 Å². The van der Waals surface area contributed by atoms with Crippen molar-refractivity contribution in [2.75, 3.05) is 26.2 Å². The Morgan fingerprint density at radius 2 is 1.88 bits per heavy atom. The van der Waals surface area contributed by atoms with E-state index in [-0.39, 0.29) is 6.04 Å². The van der Waals surface area contributed by atoms with Crippen molar-refractivity contribution in [2.24, 2.45) is 0 Å². The van der Waals surface area contributed by atoms with Gasteiger partial charge in [-0.2, -0.15) is 0 Å². The highest BCUT2D eigenvalue weighted by Crippen LogP contribution is 2.35. The quantitative estimate of drug-likeness (QED) is 0.806. The van der Waals surface area contributed by atoms with Crippen molar-refractivity contribution in [3.8, 4) is 11.5 Å². The molecule has 0 saturated carbocycles. The molecule has 0 aliphatic carbocycles. The number of ether oxygens (including phenoxy) is 1. The Bertz CT molecular complexity index is 654. The Morgan fingerprint density at radius 3 is 2.56 bits per heavy atom. The third kappa shape index (κ3) is 4.74. The molecule has 3 rings (SSSR count). The van der Waals surface area contributed by atoms with E-state index in [1.165, 1.54) is 0 Å². The average Bonchev–Trinajstić information content (AvgIpc) is 2.66. The first-order valence-corrected chi connectivity index (χ1v) is 9.22. The summed E-state index contributed by atoms with van der Waals surface area (Å²) >= 11 is 0. The van der Waals surface area contributed by atoms with Crippen LogP contribution in [0, 0.1) is 0 Å². The molecule has 1 aliphatic heterocycles. The monoisotopic (exact) mass is 340 g/mol. The Hall–Kier alpha value is -2.04. The summed E-state index contributed by atoms with van der Waals surface area (Å²) in [5.74, 6) is 1.04. The van der Waals surface area contributed by atoms with Gasteiger partial charge in [-0.1, -0.05) is 49.7 Å². The fraction of sp³-hybridized carbons (Fsp3) is 0.429. The van der Waals surface area contributed by atoms with Crippen molar-refractivity contribution < 1.29 is 9.84 Å². The van der Waals surface area contributed by atoms with Crippen LogP contribution in [0.5, 0.6) is 11.5 Å². The molecule has 0 spiro atoms. The highest BCUT2D eigenvalue weighted by molar-refractivity contribution is 5.41. The molecule has 4 heteroatoms. The predicted octanol–water partition coefficient (Wildman–Crippen LogP) is 3.72. The van der Waals surface area contributed by atoms with Crippen molar-refractivity contribution in [3.63, 3.8) is 0 Å². The Kier molecular flexibility index (Phi) is 6.31. The highest BCUT2D eigenvalue weighted by atomic mass is 16.5.